The third-order valence-electron chi connectivity index (χ3n) is 4.71. The van der Waals surface area contributed by atoms with E-state index >= 15 is 0 Å². The van der Waals surface area contributed by atoms with E-state index in [1.807, 2.05) is 0 Å². The van der Waals surface area contributed by atoms with Crippen LogP contribution in [-0.4, -0.2) is 53.8 Å². The Kier molecular flexibility index (Phi) is 5.59. The molecular weight excluding hydrogens is 415 g/mol. The van der Waals surface area contributed by atoms with E-state index in [-0.39, 0.29) is 10.7 Å². The van der Waals surface area contributed by atoms with Gasteiger partial charge in [0.15, 0.2) is 10.6 Å². The number of morpholine rings is 1. The van der Waals surface area contributed by atoms with Crippen molar-refractivity contribution in [2.24, 2.45) is 0 Å². The molecule has 0 saturated carbocycles. The average Bonchev–Trinajstić information content (AvgIpc) is 3.11. The van der Waals surface area contributed by atoms with E-state index in [0.717, 1.165) is 5.56 Å². The number of hydrogen-bond donors (Lipinski definition) is 1. The number of rotatable bonds is 5. The number of aromatic nitrogens is 3. The summed E-state index contributed by atoms with van der Waals surface area (Å²) in [4.78, 5) is 0.194. The van der Waals surface area contributed by atoms with Crippen molar-refractivity contribution in [1.82, 2.24) is 19.1 Å². The minimum absolute atomic E-state index is 0.194. The summed E-state index contributed by atoms with van der Waals surface area (Å²) >= 11 is 5.34. The van der Waals surface area contributed by atoms with Crippen molar-refractivity contribution >= 4 is 22.2 Å². The molecule has 0 radical (unpaired) electrons. The number of ether oxygens (including phenoxy) is 1. The Morgan fingerprint density at radius 2 is 1.86 bits per heavy atom. The molecule has 0 spiro atoms. The minimum atomic E-state index is -3.62. The SMILES string of the molecule is O=S(=O)(c1cccc(-c2n[nH]c(=S)n2Cc2ccc(F)cc2)c1)N1CCOCC1. The van der Waals surface area contributed by atoms with Gasteiger partial charge in [-0.25, -0.2) is 12.8 Å². The van der Waals surface area contributed by atoms with Gasteiger partial charge in [-0.15, -0.1) is 0 Å². The molecule has 0 unspecified atom stereocenters. The number of aromatic amines is 1. The van der Waals surface area contributed by atoms with E-state index in [0.29, 0.717) is 49.0 Å². The molecule has 1 saturated heterocycles. The summed E-state index contributed by atoms with van der Waals surface area (Å²) < 4.78 is 47.9. The van der Waals surface area contributed by atoms with Crippen molar-refractivity contribution in [3.63, 3.8) is 0 Å². The fraction of sp³-hybridized carbons (Fsp3) is 0.263. The topological polar surface area (TPSA) is 80.2 Å². The zero-order valence-electron chi connectivity index (χ0n) is 15.4. The molecular formula is C19H19FN4O3S2. The number of sulfonamides is 1. The van der Waals surface area contributed by atoms with E-state index < -0.39 is 10.0 Å². The molecule has 3 aromatic rings. The van der Waals surface area contributed by atoms with Gasteiger partial charge in [-0.1, -0.05) is 24.3 Å². The predicted octanol–water partition coefficient (Wildman–Crippen LogP) is 2.82. The fourth-order valence-corrected chi connectivity index (χ4v) is 4.84. The third-order valence-corrected chi connectivity index (χ3v) is 6.92. The molecule has 4 rings (SSSR count). The Bertz CT molecular complexity index is 1170. The van der Waals surface area contributed by atoms with Crippen LogP contribution in [0.2, 0.25) is 0 Å². The third kappa shape index (κ3) is 4.15. The van der Waals surface area contributed by atoms with E-state index in [1.54, 1.807) is 41.0 Å². The lowest BCUT2D eigenvalue weighted by molar-refractivity contribution is 0.0730. The van der Waals surface area contributed by atoms with Crippen LogP contribution < -0.4 is 0 Å². The molecule has 1 aliphatic rings. The molecule has 2 heterocycles. The summed E-state index contributed by atoms with van der Waals surface area (Å²) in [5.74, 6) is 0.198. The molecule has 0 atom stereocenters. The summed E-state index contributed by atoms with van der Waals surface area (Å²) in [6, 6.07) is 12.7. The molecule has 2 aromatic carbocycles. The second kappa shape index (κ2) is 8.15. The Morgan fingerprint density at radius 3 is 2.59 bits per heavy atom. The molecule has 1 aliphatic heterocycles. The summed E-state index contributed by atoms with van der Waals surface area (Å²) in [7, 11) is -3.62. The maximum absolute atomic E-state index is 13.2. The van der Waals surface area contributed by atoms with Crippen LogP contribution in [-0.2, 0) is 21.3 Å². The molecule has 1 aromatic heterocycles. The van der Waals surface area contributed by atoms with Gasteiger partial charge in [0, 0.05) is 18.7 Å². The van der Waals surface area contributed by atoms with E-state index in [4.69, 9.17) is 17.0 Å². The summed E-state index contributed by atoms with van der Waals surface area (Å²) in [6.07, 6.45) is 0. The predicted molar refractivity (Wildman–Crippen MR) is 108 cm³/mol. The van der Waals surface area contributed by atoms with Gasteiger partial charge < -0.3 is 4.74 Å². The average molecular weight is 435 g/mol. The molecule has 1 N–H and O–H groups in total. The highest BCUT2D eigenvalue weighted by molar-refractivity contribution is 7.89. The van der Waals surface area contributed by atoms with Crippen molar-refractivity contribution < 1.29 is 17.5 Å². The van der Waals surface area contributed by atoms with Gasteiger partial charge in [0.2, 0.25) is 10.0 Å². The molecule has 1 fully saturated rings. The van der Waals surface area contributed by atoms with Gasteiger partial charge in [-0.3, -0.25) is 9.67 Å². The lowest BCUT2D eigenvalue weighted by Crippen LogP contribution is -2.40. The lowest BCUT2D eigenvalue weighted by Gasteiger charge is -2.26. The highest BCUT2D eigenvalue weighted by atomic mass is 32.2. The summed E-state index contributed by atoms with van der Waals surface area (Å²) in [5, 5.41) is 7.03. The van der Waals surface area contributed by atoms with Crippen LogP contribution in [0.15, 0.2) is 53.4 Å². The first-order chi connectivity index (χ1) is 13.9. The first-order valence-corrected chi connectivity index (χ1v) is 10.9. The van der Waals surface area contributed by atoms with Gasteiger partial charge in [-0.2, -0.15) is 9.40 Å². The Morgan fingerprint density at radius 1 is 1.14 bits per heavy atom. The molecule has 0 bridgehead atoms. The largest absolute Gasteiger partial charge is 0.379 e. The van der Waals surface area contributed by atoms with Gasteiger partial charge >= 0.3 is 0 Å². The Balaban J connectivity index is 1.69. The number of hydrogen-bond acceptors (Lipinski definition) is 5. The van der Waals surface area contributed by atoms with E-state index in [1.165, 1.54) is 16.4 Å². The molecule has 29 heavy (non-hydrogen) atoms. The number of halogens is 1. The smallest absolute Gasteiger partial charge is 0.243 e. The zero-order valence-corrected chi connectivity index (χ0v) is 17.0. The van der Waals surface area contributed by atoms with Crippen molar-refractivity contribution in [3.8, 4) is 11.4 Å². The number of H-pyrrole nitrogens is 1. The quantitative estimate of drug-likeness (QED) is 0.625. The highest BCUT2D eigenvalue weighted by Gasteiger charge is 2.26. The molecule has 0 aliphatic carbocycles. The number of nitrogens with zero attached hydrogens (tertiary/aromatic N) is 3. The van der Waals surface area contributed by atoms with Crippen molar-refractivity contribution in [2.75, 3.05) is 26.3 Å². The van der Waals surface area contributed by atoms with Crippen LogP contribution in [0.1, 0.15) is 5.56 Å². The first-order valence-electron chi connectivity index (χ1n) is 9.03. The van der Waals surface area contributed by atoms with Gasteiger partial charge in [-0.05, 0) is 42.0 Å². The second-order valence-corrected chi connectivity index (χ2v) is 8.93. The minimum Gasteiger partial charge on any atom is -0.379 e. The van der Waals surface area contributed by atoms with Crippen LogP contribution in [0.25, 0.3) is 11.4 Å². The number of nitrogens with one attached hydrogen (secondary N) is 1. The van der Waals surface area contributed by atoms with Crippen molar-refractivity contribution in [1.29, 1.82) is 0 Å². The molecule has 10 heteroatoms. The standard InChI is InChI=1S/C19H19FN4O3S2/c20-16-6-4-14(5-7-16)13-24-18(21-22-19(24)28)15-2-1-3-17(12-15)29(25,26)23-8-10-27-11-9-23/h1-7,12H,8-11,13H2,(H,22,28). The monoisotopic (exact) mass is 434 g/mol. The van der Waals surface area contributed by atoms with E-state index in [9.17, 15) is 12.8 Å². The first kappa shape index (κ1) is 19.9. The normalized spacial score (nSPS) is 15.5. The maximum Gasteiger partial charge on any atom is 0.243 e. The van der Waals surface area contributed by atoms with Crippen LogP contribution in [0.4, 0.5) is 4.39 Å². The molecule has 152 valence electrons. The zero-order chi connectivity index (χ0) is 20.4. The van der Waals surface area contributed by atoms with Gasteiger partial charge in [0.25, 0.3) is 0 Å². The van der Waals surface area contributed by atoms with Crippen LogP contribution in [0, 0.1) is 10.6 Å². The van der Waals surface area contributed by atoms with Gasteiger partial charge in [0.1, 0.15) is 5.82 Å². The maximum atomic E-state index is 13.2. The van der Waals surface area contributed by atoms with Crippen molar-refractivity contribution in [3.05, 3.63) is 64.7 Å². The summed E-state index contributed by atoms with van der Waals surface area (Å²) in [5.41, 5.74) is 1.47. The molecule has 7 nitrogen and oxygen atoms in total. The Hall–Kier alpha value is -2.40. The Labute approximate surface area is 172 Å². The van der Waals surface area contributed by atoms with Crippen LogP contribution in [0.5, 0.6) is 0 Å². The van der Waals surface area contributed by atoms with E-state index in [2.05, 4.69) is 10.2 Å². The highest BCUT2D eigenvalue weighted by Crippen LogP contribution is 2.24. The fourth-order valence-electron chi connectivity index (χ4n) is 3.19. The van der Waals surface area contributed by atoms with Crippen LogP contribution in [0.3, 0.4) is 0 Å². The summed E-state index contributed by atoms with van der Waals surface area (Å²) in [6.45, 7) is 1.81. The lowest BCUT2D eigenvalue weighted by atomic mass is 10.2. The van der Waals surface area contributed by atoms with Gasteiger partial charge in [0.05, 0.1) is 24.7 Å². The van der Waals surface area contributed by atoms with Crippen molar-refractivity contribution in [2.45, 2.75) is 11.4 Å². The van der Waals surface area contributed by atoms with Crippen LogP contribution >= 0.6 is 12.2 Å². The molecule has 0 amide bonds. The second-order valence-electron chi connectivity index (χ2n) is 6.61. The number of benzene rings is 2.